The topological polar surface area (TPSA) is 27.0 Å². The Balaban J connectivity index is 1.92. The Morgan fingerprint density at radius 3 is 2.50 bits per heavy atom. The molecule has 1 aromatic carbocycles. The largest absolute Gasteiger partial charge is 0.299 e. The highest BCUT2D eigenvalue weighted by atomic mass is 15.1. The Hall–Kier alpha value is -1.33. The summed E-state index contributed by atoms with van der Waals surface area (Å²) < 4.78 is 0. The number of nitriles is 1. The van der Waals surface area contributed by atoms with E-state index in [1.54, 1.807) is 0 Å². The average molecular weight is 214 g/mol. The smallest absolute Gasteiger partial charge is 0.0991 e. The molecule has 0 amide bonds. The van der Waals surface area contributed by atoms with Crippen LogP contribution >= 0.6 is 0 Å². The molecule has 16 heavy (non-hydrogen) atoms. The third-order valence-electron chi connectivity index (χ3n) is 3.15. The van der Waals surface area contributed by atoms with Gasteiger partial charge in [0.2, 0.25) is 0 Å². The van der Waals surface area contributed by atoms with E-state index in [2.05, 4.69) is 30.0 Å². The number of nitrogens with zero attached hydrogens (tertiary/aromatic N) is 2. The zero-order chi connectivity index (χ0) is 11.4. The molecule has 2 rings (SSSR count). The Bertz CT molecular complexity index is 371. The minimum Gasteiger partial charge on any atom is -0.299 e. The summed E-state index contributed by atoms with van der Waals surface area (Å²) in [6.45, 7) is 5.57. The maximum Gasteiger partial charge on any atom is 0.0991 e. The van der Waals surface area contributed by atoms with Crippen molar-refractivity contribution in [1.29, 1.82) is 5.26 Å². The van der Waals surface area contributed by atoms with E-state index >= 15 is 0 Å². The van der Waals surface area contributed by atoms with Gasteiger partial charge in [-0.1, -0.05) is 19.1 Å². The maximum atomic E-state index is 8.72. The first kappa shape index (κ1) is 11.2. The summed E-state index contributed by atoms with van der Waals surface area (Å²) in [6, 6.07) is 10.1. The van der Waals surface area contributed by atoms with Gasteiger partial charge in [0.05, 0.1) is 11.6 Å². The van der Waals surface area contributed by atoms with Crippen molar-refractivity contribution in [2.24, 2.45) is 5.92 Å². The molecule has 0 aromatic heterocycles. The van der Waals surface area contributed by atoms with Crippen LogP contribution in [0.5, 0.6) is 0 Å². The van der Waals surface area contributed by atoms with E-state index in [-0.39, 0.29) is 0 Å². The Kier molecular flexibility index (Phi) is 3.58. The molecule has 0 unspecified atom stereocenters. The summed E-state index contributed by atoms with van der Waals surface area (Å²) in [5, 5.41) is 8.72. The second-order valence-electron chi connectivity index (χ2n) is 4.58. The van der Waals surface area contributed by atoms with Crippen molar-refractivity contribution in [2.75, 3.05) is 13.1 Å². The van der Waals surface area contributed by atoms with Crippen molar-refractivity contribution >= 4 is 0 Å². The van der Waals surface area contributed by atoms with Crippen LogP contribution in [-0.2, 0) is 6.54 Å². The van der Waals surface area contributed by atoms with Crippen molar-refractivity contribution in [3.8, 4) is 6.07 Å². The Labute approximate surface area is 97.5 Å². The molecule has 1 aliphatic carbocycles. The second-order valence-corrected chi connectivity index (χ2v) is 4.58. The number of benzene rings is 1. The van der Waals surface area contributed by atoms with Crippen LogP contribution in [0.2, 0.25) is 0 Å². The van der Waals surface area contributed by atoms with Gasteiger partial charge in [0.1, 0.15) is 0 Å². The van der Waals surface area contributed by atoms with Crippen LogP contribution in [0.1, 0.15) is 30.9 Å². The summed E-state index contributed by atoms with van der Waals surface area (Å²) in [5.41, 5.74) is 2.05. The first-order valence-electron chi connectivity index (χ1n) is 6.03. The highest BCUT2D eigenvalue weighted by Crippen LogP contribution is 2.30. The summed E-state index contributed by atoms with van der Waals surface area (Å²) in [6.07, 6.45) is 2.81. The molecule has 0 atom stereocenters. The van der Waals surface area contributed by atoms with Gasteiger partial charge in [-0.2, -0.15) is 5.26 Å². The van der Waals surface area contributed by atoms with Gasteiger partial charge in [-0.05, 0) is 43.0 Å². The van der Waals surface area contributed by atoms with Crippen molar-refractivity contribution in [1.82, 2.24) is 4.90 Å². The first-order valence-corrected chi connectivity index (χ1v) is 6.03. The molecule has 0 spiro atoms. The van der Waals surface area contributed by atoms with Gasteiger partial charge in [-0.25, -0.2) is 0 Å². The van der Waals surface area contributed by atoms with Crippen LogP contribution < -0.4 is 0 Å². The number of hydrogen-bond donors (Lipinski definition) is 0. The van der Waals surface area contributed by atoms with Crippen LogP contribution in [-0.4, -0.2) is 18.0 Å². The van der Waals surface area contributed by atoms with E-state index in [1.807, 2.05) is 12.1 Å². The predicted octanol–water partition coefficient (Wildman–Crippen LogP) is 2.79. The summed E-state index contributed by atoms with van der Waals surface area (Å²) in [7, 11) is 0. The van der Waals surface area contributed by atoms with E-state index in [1.165, 1.54) is 24.9 Å². The molecule has 0 radical (unpaired) electrons. The lowest BCUT2D eigenvalue weighted by Gasteiger charge is -2.20. The fourth-order valence-corrected chi connectivity index (χ4v) is 1.91. The second kappa shape index (κ2) is 5.14. The van der Waals surface area contributed by atoms with Gasteiger partial charge in [0, 0.05) is 13.1 Å². The van der Waals surface area contributed by atoms with Crippen molar-refractivity contribution in [2.45, 2.75) is 26.3 Å². The predicted molar refractivity (Wildman–Crippen MR) is 64.8 cm³/mol. The fraction of sp³-hybridized carbons (Fsp3) is 0.500. The third kappa shape index (κ3) is 3.08. The van der Waals surface area contributed by atoms with Gasteiger partial charge in [-0.15, -0.1) is 0 Å². The van der Waals surface area contributed by atoms with Crippen LogP contribution in [0, 0.1) is 17.2 Å². The van der Waals surface area contributed by atoms with E-state index in [0.717, 1.165) is 24.6 Å². The summed E-state index contributed by atoms with van der Waals surface area (Å²) in [5.74, 6) is 0.943. The molecule has 1 saturated carbocycles. The molecule has 1 aromatic rings. The Morgan fingerprint density at radius 2 is 2.00 bits per heavy atom. The zero-order valence-electron chi connectivity index (χ0n) is 9.82. The van der Waals surface area contributed by atoms with Crippen LogP contribution in [0.3, 0.4) is 0 Å². The fourth-order valence-electron chi connectivity index (χ4n) is 1.91. The van der Waals surface area contributed by atoms with E-state index in [0.29, 0.717) is 0 Å². The van der Waals surface area contributed by atoms with E-state index in [9.17, 15) is 0 Å². The SMILES string of the molecule is CCN(Cc1ccc(C#N)cc1)CC1CC1. The molecule has 0 heterocycles. The maximum absolute atomic E-state index is 8.72. The van der Waals surface area contributed by atoms with Crippen molar-refractivity contribution in [3.63, 3.8) is 0 Å². The van der Waals surface area contributed by atoms with Gasteiger partial charge >= 0.3 is 0 Å². The van der Waals surface area contributed by atoms with Crippen LogP contribution in [0.15, 0.2) is 24.3 Å². The summed E-state index contributed by atoms with van der Waals surface area (Å²) in [4.78, 5) is 2.49. The molecule has 1 aliphatic rings. The van der Waals surface area contributed by atoms with E-state index in [4.69, 9.17) is 5.26 Å². The highest BCUT2D eigenvalue weighted by molar-refractivity contribution is 5.31. The highest BCUT2D eigenvalue weighted by Gasteiger charge is 2.23. The van der Waals surface area contributed by atoms with Gasteiger partial charge in [-0.3, -0.25) is 4.90 Å². The van der Waals surface area contributed by atoms with Gasteiger partial charge in [0.25, 0.3) is 0 Å². The lowest BCUT2D eigenvalue weighted by Crippen LogP contribution is -2.25. The van der Waals surface area contributed by atoms with Crippen molar-refractivity contribution < 1.29 is 0 Å². The Morgan fingerprint density at radius 1 is 1.31 bits per heavy atom. The lowest BCUT2D eigenvalue weighted by molar-refractivity contribution is 0.268. The molecular formula is C14H18N2. The first-order chi connectivity index (χ1) is 7.81. The molecule has 0 bridgehead atoms. The molecular weight excluding hydrogens is 196 g/mol. The minimum atomic E-state index is 0.744. The van der Waals surface area contributed by atoms with Crippen LogP contribution in [0.4, 0.5) is 0 Å². The third-order valence-corrected chi connectivity index (χ3v) is 3.15. The standard InChI is InChI=1S/C14H18N2/c1-2-16(11-14-7-8-14)10-13-5-3-12(9-15)4-6-13/h3-6,14H,2,7-8,10-11H2,1H3. The van der Waals surface area contributed by atoms with Crippen LogP contribution in [0.25, 0.3) is 0 Å². The molecule has 2 heteroatoms. The van der Waals surface area contributed by atoms with Gasteiger partial charge in [0.15, 0.2) is 0 Å². The van der Waals surface area contributed by atoms with Crippen molar-refractivity contribution in [3.05, 3.63) is 35.4 Å². The number of hydrogen-bond acceptors (Lipinski definition) is 2. The summed E-state index contributed by atoms with van der Waals surface area (Å²) >= 11 is 0. The molecule has 84 valence electrons. The van der Waals surface area contributed by atoms with Gasteiger partial charge < -0.3 is 0 Å². The quantitative estimate of drug-likeness (QED) is 0.753. The molecule has 2 nitrogen and oxygen atoms in total. The molecule has 0 N–H and O–H groups in total. The normalized spacial score (nSPS) is 15.1. The lowest BCUT2D eigenvalue weighted by atomic mass is 10.1. The molecule has 1 fully saturated rings. The molecule has 0 aliphatic heterocycles. The molecule has 0 saturated heterocycles. The van der Waals surface area contributed by atoms with E-state index < -0.39 is 0 Å². The average Bonchev–Trinajstić information content (AvgIpc) is 3.13. The minimum absolute atomic E-state index is 0.744. The zero-order valence-corrected chi connectivity index (χ0v) is 9.82. The number of rotatable bonds is 5. The monoisotopic (exact) mass is 214 g/mol.